The molecule has 136 valence electrons. The van der Waals surface area contributed by atoms with Crippen LogP contribution in [0.4, 0.5) is 4.39 Å². The van der Waals surface area contributed by atoms with Crippen molar-refractivity contribution in [2.24, 2.45) is 0 Å². The van der Waals surface area contributed by atoms with Crippen molar-refractivity contribution in [3.8, 4) is 10.4 Å². The topological polar surface area (TPSA) is 64.0 Å². The Morgan fingerprint density at radius 2 is 2.04 bits per heavy atom. The quantitative estimate of drug-likeness (QED) is 0.557. The molecule has 0 unspecified atom stereocenters. The van der Waals surface area contributed by atoms with E-state index in [1.165, 1.54) is 28.3 Å². The van der Waals surface area contributed by atoms with E-state index in [0.717, 1.165) is 10.4 Å². The Morgan fingerprint density at radius 3 is 2.81 bits per heavy atom. The first-order valence-corrected chi connectivity index (χ1v) is 9.90. The lowest BCUT2D eigenvalue weighted by Crippen LogP contribution is -2.32. The fraction of sp³-hybridized carbons (Fsp3) is 0.105. The zero-order valence-corrected chi connectivity index (χ0v) is 15.6. The lowest BCUT2D eigenvalue weighted by molar-refractivity contribution is -0.121. The lowest BCUT2D eigenvalue weighted by Gasteiger charge is -2.08. The Balaban J connectivity index is 1.56. The van der Waals surface area contributed by atoms with Gasteiger partial charge in [0.15, 0.2) is 0 Å². The maximum Gasteiger partial charge on any atom is 0.263 e. The van der Waals surface area contributed by atoms with Gasteiger partial charge in [0, 0.05) is 27.9 Å². The summed E-state index contributed by atoms with van der Waals surface area (Å²) in [6, 6.07) is 10.1. The van der Waals surface area contributed by atoms with Crippen LogP contribution in [0.25, 0.3) is 20.7 Å². The molecular weight excluding hydrogens is 385 g/mol. The third-order valence-electron chi connectivity index (χ3n) is 4.10. The second kappa shape index (κ2) is 7.42. The number of nitrogens with one attached hydrogen (secondary N) is 1. The molecule has 1 N–H and O–H groups in total. The zero-order chi connectivity index (χ0) is 18.8. The number of nitrogens with zero attached hydrogens (tertiary/aromatic N) is 2. The monoisotopic (exact) mass is 399 g/mol. The van der Waals surface area contributed by atoms with E-state index in [0.29, 0.717) is 15.8 Å². The predicted molar refractivity (Wildman–Crippen MR) is 105 cm³/mol. The molecule has 1 amide bonds. The molecule has 0 aliphatic rings. The summed E-state index contributed by atoms with van der Waals surface area (Å²) < 4.78 is 14.9. The zero-order valence-electron chi connectivity index (χ0n) is 14.0. The molecule has 8 heteroatoms. The van der Waals surface area contributed by atoms with Gasteiger partial charge >= 0.3 is 0 Å². The van der Waals surface area contributed by atoms with Crippen molar-refractivity contribution < 1.29 is 9.18 Å². The molecule has 0 bridgehead atoms. The Hall–Kier alpha value is -2.84. The number of rotatable bonds is 5. The van der Waals surface area contributed by atoms with Crippen LogP contribution in [-0.4, -0.2) is 15.5 Å². The average molecular weight is 399 g/mol. The van der Waals surface area contributed by atoms with E-state index in [1.54, 1.807) is 29.5 Å². The van der Waals surface area contributed by atoms with Gasteiger partial charge in [-0.15, -0.1) is 22.7 Å². The summed E-state index contributed by atoms with van der Waals surface area (Å²) in [5.74, 6) is -0.758. The number of hydrogen-bond donors (Lipinski definition) is 1. The van der Waals surface area contributed by atoms with Crippen LogP contribution < -0.4 is 10.9 Å². The molecule has 0 aliphatic carbocycles. The molecule has 0 saturated carbocycles. The summed E-state index contributed by atoms with van der Waals surface area (Å²) in [5, 5.41) is 7.02. The van der Waals surface area contributed by atoms with Gasteiger partial charge in [-0.25, -0.2) is 9.37 Å². The Morgan fingerprint density at radius 1 is 1.19 bits per heavy atom. The number of thiophene rings is 2. The van der Waals surface area contributed by atoms with E-state index in [-0.39, 0.29) is 30.4 Å². The fourth-order valence-electron chi connectivity index (χ4n) is 2.74. The van der Waals surface area contributed by atoms with Gasteiger partial charge in [0.05, 0.1) is 11.7 Å². The average Bonchev–Trinajstić information content (AvgIpc) is 3.33. The Kier molecular flexibility index (Phi) is 4.83. The minimum absolute atomic E-state index is 0.0643. The number of amides is 1. The van der Waals surface area contributed by atoms with Crippen molar-refractivity contribution in [3.05, 3.63) is 75.2 Å². The van der Waals surface area contributed by atoms with E-state index >= 15 is 0 Å². The molecule has 0 radical (unpaired) electrons. The maximum atomic E-state index is 13.6. The third-order valence-corrected chi connectivity index (χ3v) is 5.88. The number of carbonyl (C=O) groups is 1. The third kappa shape index (κ3) is 3.54. The molecule has 0 spiro atoms. The summed E-state index contributed by atoms with van der Waals surface area (Å²) in [5.41, 5.74) is 0.971. The second-order valence-electron chi connectivity index (χ2n) is 5.85. The van der Waals surface area contributed by atoms with Crippen LogP contribution in [0, 0.1) is 5.82 Å². The van der Waals surface area contributed by atoms with Gasteiger partial charge in [-0.05, 0) is 17.5 Å². The molecule has 27 heavy (non-hydrogen) atoms. The van der Waals surface area contributed by atoms with E-state index in [4.69, 9.17) is 0 Å². The molecule has 0 fully saturated rings. The molecule has 0 aliphatic heterocycles. The highest BCUT2D eigenvalue weighted by atomic mass is 32.1. The van der Waals surface area contributed by atoms with Gasteiger partial charge in [0.2, 0.25) is 5.91 Å². The van der Waals surface area contributed by atoms with Crippen LogP contribution in [0.1, 0.15) is 5.56 Å². The second-order valence-corrected chi connectivity index (χ2v) is 7.66. The minimum atomic E-state index is -0.380. The van der Waals surface area contributed by atoms with Crippen molar-refractivity contribution in [2.75, 3.05) is 0 Å². The number of benzene rings is 1. The summed E-state index contributed by atoms with van der Waals surface area (Å²) >= 11 is 2.95. The van der Waals surface area contributed by atoms with Gasteiger partial charge in [-0.1, -0.05) is 24.3 Å². The summed E-state index contributed by atoms with van der Waals surface area (Å²) in [6.45, 7) is -0.106. The number of carbonyl (C=O) groups excluding carboxylic acids is 1. The standard InChI is InChI=1S/C19H14FN3O2S2/c20-14-5-2-1-4-12(14)8-21-16(24)9-23-11-22-18-17(19(23)25)13(10-27-18)15-6-3-7-26-15/h1-7,10-11H,8-9H2,(H,21,24). The normalized spacial score (nSPS) is 11.0. The fourth-order valence-corrected chi connectivity index (χ4v) is 4.46. The van der Waals surface area contributed by atoms with Gasteiger partial charge < -0.3 is 5.32 Å². The Bertz CT molecular complexity index is 1170. The van der Waals surface area contributed by atoms with Crippen LogP contribution >= 0.6 is 22.7 Å². The van der Waals surface area contributed by atoms with Crippen molar-refractivity contribution in [1.82, 2.24) is 14.9 Å². The first kappa shape index (κ1) is 17.6. The first-order valence-electron chi connectivity index (χ1n) is 8.14. The molecule has 0 saturated heterocycles. The molecule has 4 rings (SSSR count). The van der Waals surface area contributed by atoms with Crippen molar-refractivity contribution >= 4 is 38.8 Å². The minimum Gasteiger partial charge on any atom is -0.350 e. The highest BCUT2D eigenvalue weighted by Gasteiger charge is 2.15. The van der Waals surface area contributed by atoms with Gasteiger partial charge in [0.1, 0.15) is 17.2 Å². The van der Waals surface area contributed by atoms with E-state index in [9.17, 15) is 14.0 Å². The smallest absolute Gasteiger partial charge is 0.263 e. The SMILES string of the molecule is O=C(Cn1cnc2scc(-c3cccs3)c2c1=O)NCc1ccccc1F. The van der Waals surface area contributed by atoms with E-state index in [2.05, 4.69) is 10.3 Å². The van der Waals surface area contributed by atoms with Crippen LogP contribution in [0.5, 0.6) is 0 Å². The predicted octanol–water partition coefficient (Wildman–Crippen LogP) is 3.64. The number of hydrogen-bond acceptors (Lipinski definition) is 5. The Labute approximate surface area is 161 Å². The first-order chi connectivity index (χ1) is 13.1. The molecule has 3 heterocycles. The van der Waals surface area contributed by atoms with Gasteiger partial charge in [-0.2, -0.15) is 0 Å². The molecular formula is C19H14FN3O2S2. The van der Waals surface area contributed by atoms with Crippen LogP contribution in [0.15, 0.2) is 58.3 Å². The summed E-state index contributed by atoms with van der Waals surface area (Å²) in [4.78, 5) is 31.0. The van der Waals surface area contributed by atoms with Crippen molar-refractivity contribution in [2.45, 2.75) is 13.1 Å². The lowest BCUT2D eigenvalue weighted by atomic mass is 10.2. The number of aromatic nitrogens is 2. The summed E-state index contributed by atoms with van der Waals surface area (Å²) in [6.07, 6.45) is 1.38. The highest BCUT2D eigenvalue weighted by molar-refractivity contribution is 7.18. The van der Waals surface area contributed by atoms with E-state index < -0.39 is 0 Å². The van der Waals surface area contributed by atoms with Crippen LogP contribution in [0.3, 0.4) is 0 Å². The van der Waals surface area contributed by atoms with Gasteiger partial charge in [0.25, 0.3) is 5.56 Å². The molecule has 4 aromatic rings. The number of halogens is 1. The van der Waals surface area contributed by atoms with Crippen molar-refractivity contribution in [3.63, 3.8) is 0 Å². The molecule has 3 aromatic heterocycles. The van der Waals surface area contributed by atoms with E-state index in [1.807, 2.05) is 22.9 Å². The number of fused-ring (bicyclic) bond motifs is 1. The van der Waals surface area contributed by atoms with Crippen LogP contribution in [-0.2, 0) is 17.9 Å². The largest absolute Gasteiger partial charge is 0.350 e. The van der Waals surface area contributed by atoms with Crippen molar-refractivity contribution in [1.29, 1.82) is 0 Å². The van der Waals surface area contributed by atoms with Gasteiger partial charge in [-0.3, -0.25) is 14.2 Å². The summed E-state index contributed by atoms with van der Waals surface area (Å²) in [7, 11) is 0. The molecule has 5 nitrogen and oxygen atoms in total. The maximum absolute atomic E-state index is 13.6. The molecule has 0 atom stereocenters. The molecule has 1 aromatic carbocycles. The van der Waals surface area contributed by atoms with Crippen LogP contribution in [0.2, 0.25) is 0 Å². The highest BCUT2D eigenvalue weighted by Crippen LogP contribution is 2.33.